The van der Waals surface area contributed by atoms with Gasteiger partial charge in [0.15, 0.2) is 0 Å². The van der Waals surface area contributed by atoms with Crippen molar-refractivity contribution in [2.45, 2.75) is 39.8 Å². The minimum absolute atomic E-state index is 0.368. The van der Waals surface area contributed by atoms with Gasteiger partial charge in [-0.25, -0.2) is 0 Å². The third kappa shape index (κ3) is 2.72. The molecule has 0 aliphatic rings. The normalized spacial score (nSPS) is 12.6. The zero-order valence-electron chi connectivity index (χ0n) is 9.73. The van der Waals surface area contributed by atoms with Crippen LogP contribution in [0.2, 0.25) is 0 Å². The number of hydrogen-bond donors (Lipinski definition) is 1. The van der Waals surface area contributed by atoms with Crippen LogP contribution >= 0.6 is 8.58 Å². The van der Waals surface area contributed by atoms with Crippen LogP contribution in [0.1, 0.15) is 31.9 Å². The van der Waals surface area contributed by atoms with E-state index in [1.807, 2.05) is 6.07 Å². The second kappa shape index (κ2) is 3.90. The predicted molar refractivity (Wildman–Crippen MR) is 68.0 cm³/mol. The van der Waals surface area contributed by atoms with Gasteiger partial charge in [0.05, 0.1) is 0 Å². The highest BCUT2D eigenvalue weighted by molar-refractivity contribution is 7.49. The van der Waals surface area contributed by atoms with Gasteiger partial charge in [0.2, 0.25) is 0 Å². The van der Waals surface area contributed by atoms with Crippen molar-refractivity contribution in [2.75, 3.05) is 5.73 Å². The molecule has 2 N–H and O–H groups in total. The lowest BCUT2D eigenvalue weighted by Crippen LogP contribution is -2.14. The first-order chi connectivity index (χ1) is 6.31. The summed E-state index contributed by atoms with van der Waals surface area (Å²) in [7, 11) is 0.850. The second-order valence-corrected chi connectivity index (χ2v) is 7.12. The van der Waals surface area contributed by atoms with Gasteiger partial charge in [0, 0.05) is 5.69 Å². The Morgan fingerprint density at radius 3 is 2.14 bits per heavy atom. The van der Waals surface area contributed by atoms with Gasteiger partial charge in [-0.1, -0.05) is 35.4 Å². The molecule has 1 rings (SSSR count). The van der Waals surface area contributed by atoms with Gasteiger partial charge in [-0.3, -0.25) is 0 Å². The van der Waals surface area contributed by atoms with Crippen LogP contribution in [0.4, 0.5) is 5.69 Å². The molecule has 0 aliphatic carbocycles. The highest BCUT2D eigenvalue weighted by Crippen LogP contribution is 2.32. The largest absolute Gasteiger partial charge is 0.399 e. The molecule has 2 heteroatoms. The first-order valence-corrected chi connectivity index (χ1v) is 5.95. The molecule has 1 nitrogen and oxygen atoms in total. The Kier molecular flexibility index (Phi) is 3.21. The molecule has 0 aromatic heterocycles. The fraction of sp³-hybridized carbons (Fsp3) is 0.500. The number of hydrogen-bond acceptors (Lipinski definition) is 1. The van der Waals surface area contributed by atoms with E-state index in [2.05, 4.69) is 40.7 Å². The molecular formula is C12H20NP. The molecule has 1 aromatic rings. The number of benzene rings is 1. The van der Waals surface area contributed by atoms with Crippen LogP contribution in [0.3, 0.4) is 0 Å². The third-order valence-electron chi connectivity index (χ3n) is 2.34. The maximum atomic E-state index is 5.86. The van der Waals surface area contributed by atoms with E-state index in [-0.39, 0.29) is 0 Å². The van der Waals surface area contributed by atoms with Gasteiger partial charge < -0.3 is 5.73 Å². The third-order valence-corrected chi connectivity index (χ3v) is 3.90. The first-order valence-electron chi connectivity index (χ1n) is 4.95. The Labute approximate surface area is 88.9 Å². The Hall–Kier alpha value is -0.550. The summed E-state index contributed by atoms with van der Waals surface area (Å²) in [6.07, 6.45) is 0. The summed E-state index contributed by atoms with van der Waals surface area (Å²) >= 11 is 0. The molecular weight excluding hydrogens is 189 g/mol. The zero-order chi connectivity index (χ0) is 10.9. The summed E-state index contributed by atoms with van der Waals surface area (Å²) in [5.74, 6) is 0. The standard InChI is InChI=1S/C12H20NP/c1-8-9(2)11(7-6-10(8)13)14-12(3,4)5/h6-7,14H,13H2,1-5H3. The lowest BCUT2D eigenvalue weighted by molar-refractivity contribution is 0.799. The molecule has 78 valence electrons. The number of anilines is 1. The maximum absolute atomic E-state index is 5.86. The fourth-order valence-electron chi connectivity index (χ4n) is 1.38. The van der Waals surface area contributed by atoms with E-state index >= 15 is 0 Å². The van der Waals surface area contributed by atoms with Gasteiger partial charge in [-0.15, -0.1) is 0 Å². The molecule has 0 heterocycles. The minimum Gasteiger partial charge on any atom is -0.399 e. The predicted octanol–water partition coefficient (Wildman–Crippen LogP) is 2.99. The fourth-order valence-corrected chi connectivity index (χ4v) is 2.73. The highest BCUT2D eigenvalue weighted by Gasteiger charge is 2.13. The average molecular weight is 209 g/mol. The summed E-state index contributed by atoms with van der Waals surface area (Å²) in [4.78, 5) is 0. The van der Waals surface area contributed by atoms with Crippen LogP contribution in [0, 0.1) is 13.8 Å². The second-order valence-electron chi connectivity index (χ2n) is 4.83. The molecule has 0 saturated carbocycles. The Bertz CT molecular complexity index is 337. The lowest BCUT2D eigenvalue weighted by Gasteiger charge is -2.21. The van der Waals surface area contributed by atoms with Crippen molar-refractivity contribution >= 4 is 19.6 Å². The smallest absolute Gasteiger partial charge is 0.0346 e. The quantitative estimate of drug-likeness (QED) is 0.558. The van der Waals surface area contributed by atoms with Crippen LogP contribution in [0.25, 0.3) is 0 Å². The van der Waals surface area contributed by atoms with Gasteiger partial charge in [-0.05, 0) is 41.5 Å². The summed E-state index contributed by atoms with van der Waals surface area (Å²) in [5, 5.41) is 1.82. The Balaban J connectivity index is 3.06. The lowest BCUT2D eigenvalue weighted by atomic mass is 10.1. The molecule has 0 saturated heterocycles. The van der Waals surface area contributed by atoms with Crippen molar-refractivity contribution in [1.29, 1.82) is 0 Å². The van der Waals surface area contributed by atoms with E-state index in [1.165, 1.54) is 16.4 Å². The number of rotatable bonds is 1. The summed E-state index contributed by atoms with van der Waals surface area (Å²) in [5.41, 5.74) is 9.36. The molecule has 0 fully saturated rings. The van der Waals surface area contributed by atoms with Crippen molar-refractivity contribution in [3.63, 3.8) is 0 Å². The number of nitrogens with two attached hydrogens (primary N) is 1. The van der Waals surface area contributed by atoms with E-state index in [4.69, 9.17) is 5.73 Å². The van der Waals surface area contributed by atoms with Crippen LogP contribution in [0.15, 0.2) is 12.1 Å². The molecule has 14 heavy (non-hydrogen) atoms. The van der Waals surface area contributed by atoms with Crippen molar-refractivity contribution in [2.24, 2.45) is 0 Å². The van der Waals surface area contributed by atoms with Gasteiger partial charge in [0.25, 0.3) is 0 Å². The highest BCUT2D eigenvalue weighted by atomic mass is 31.1. The monoisotopic (exact) mass is 209 g/mol. The van der Waals surface area contributed by atoms with E-state index < -0.39 is 0 Å². The van der Waals surface area contributed by atoms with Gasteiger partial charge in [-0.2, -0.15) is 0 Å². The molecule has 1 atom stereocenters. The van der Waals surface area contributed by atoms with Crippen molar-refractivity contribution in [3.05, 3.63) is 23.3 Å². The Morgan fingerprint density at radius 2 is 1.64 bits per heavy atom. The summed E-state index contributed by atoms with van der Waals surface area (Å²) < 4.78 is 0. The minimum atomic E-state index is 0.368. The molecule has 1 aromatic carbocycles. The summed E-state index contributed by atoms with van der Waals surface area (Å²) in [6.45, 7) is 11.1. The van der Waals surface area contributed by atoms with Crippen LogP contribution < -0.4 is 11.0 Å². The van der Waals surface area contributed by atoms with Crippen LogP contribution in [-0.4, -0.2) is 5.16 Å². The molecule has 0 amide bonds. The van der Waals surface area contributed by atoms with E-state index in [0.717, 1.165) is 14.3 Å². The molecule has 1 unspecified atom stereocenters. The molecule has 0 bridgehead atoms. The van der Waals surface area contributed by atoms with E-state index in [0.29, 0.717) is 5.16 Å². The Morgan fingerprint density at radius 1 is 1.07 bits per heavy atom. The van der Waals surface area contributed by atoms with Crippen molar-refractivity contribution < 1.29 is 0 Å². The first kappa shape index (κ1) is 11.5. The SMILES string of the molecule is Cc1c(N)ccc(PC(C)(C)C)c1C. The summed E-state index contributed by atoms with van der Waals surface area (Å²) in [6, 6.07) is 4.19. The van der Waals surface area contributed by atoms with Crippen molar-refractivity contribution in [3.8, 4) is 0 Å². The number of nitrogen functional groups attached to an aromatic ring is 1. The van der Waals surface area contributed by atoms with Gasteiger partial charge >= 0.3 is 0 Å². The average Bonchev–Trinajstić information content (AvgIpc) is 2.04. The van der Waals surface area contributed by atoms with Crippen LogP contribution in [0.5, 0.6) is 0 Å². The zero-order valence-corrected chi connectivity index (χ0v) is 10.7. The topological polar surface area (TPSA) is 26.0 Å². The van der Waals surface area contributed by atoms with Gasteiger partial charge in [0.1, 0.15) is 0 Å². The van der Waals surface area contributed by atoms with Crippen LogP contribution in [-0.2, 0) is 0 Å². The van der Waals surface area contributed by atoms with E-state index in [9.17, 15) is 0 Å². The molecule has 0 spiro atoms. The molecule has 0 aliphatic heterocycles. The maximum Gasteiger partial charge on any atom is 0.0346 e. The van der Waals surface area contributed by atoms with Crippen molar-refractivity contribution in [1.82, 2.24) is 0 Å². The van der Waals surface area contributed by atoms with E-state index in [1.54, 1.807) is 0 Å². The molecule has 0 radical (unpaired) electrons.